The number of rotatable bonds is 4. The van der Waals surface area contributed by atoms with Gasteiger partial charge in [-0.1, -0.05) is 0 Å². The fourth-order valence-corrected chi connectivity index (χ4v) is 2.75. The molecule has 0 saturated carbocycles. The van der Waals surface area contributed by atoms with E-state index in [1.165, 1.54) is 11.3 Å². The maximum absolute atomic E-state index is 12.3. The molecule has 2 aromatic heterocycles. The lowest BCUT2D eigenvalue weighted by Crippen LogP contribution is -2.29. The summed E-state index contributed by atoms with van der Waals surface area (Å²) in [5, 5.41) is 1.87. The minimum Gasteiger partial charge on any atom is -0.334 e. The van der Waals surface area contributed by atoms with Gasteiger partial charge < -0.3 is 4.90 Å². The Labute approximate surface area is 116 Å². The molecule has 18 heavy (non-hydrogen) atoms. The van der Waals surface area contributed by atoms with E-state index >= 15 is 0 Å². The Bertz CT molecular complexity index is 525. The van der Waals surface area contributed by atoms with E-state index < -0.39 is 0 Å². The van der Waals surface area contributed by atoms with Gasteiger partial charge in [0.05, 0.1) is 4.88 Å². The highest BCUT2D eigenvalue weighted by Gasteiger charge is 2.16. The van der Waals surface area contributed by atoms with Crippen LogP contribution in [-0.2, 0) is 6.54 Å². The summed E-state index contributed by atoms with van der Waals surface area (Å²) in [6, 6.07) is 5.66. The summed E-state index contributed by atoms with van der Waals surface area (Å²) in [5.41, 5.74) is 1.09. The number of carbonyl (C=O) groups excluding carboxylic acids is 1. The summed E-state index contributed by atoms with van der Waals surface area (Å²) in [7, 11) is 0. The maximum atomic E-state index is 12.3. The van der Waals surface area contributed by atoms with Gasteiger partial charge in [0.2, 0.25) is 0 Å². The van der Waals surface area contributed by atoms with Gasteiger partial charge in [0.25, 0.3) is 5.91 Å². The van der Waals surface area contributed by atoms with E-state index in [2.05, 4.69) is 17.6 Å². The summed E-state index contributed by atoms with van der Waals surface area (Å²) in [4.78, 5) is 19.6. The van der Waals surface area contributed by atoms with Crippen molar-refractivity contribution in [2.75, 3.05) is 6.54 Å². The predicted octanol–water partition coefficient (Wildman–Crippen LogP) is 3.09. The second-order valence-corrected chi connectivity index (χ2v) is 5.27. The molecule has 94 valence electrons. The van der Waals surface area contributed by atoms with Crippen molar-refractivity contribution in [2.45, 2.75) is 18.4 Å². The lowest BCUT2D eigenvalue weighted by Gasteiger charge is -2.20. The molecule has 5 heteroatoms. The molecule has 0 bridgehead atoms. The Morgan fingerprint density at radius 1 is 1.44 bits per heavy atom. The van der Waals surface area contributed by atoms with Gasteiger partial charge in [-0.15, -0.1) is 24.0 Å². The quantitative estimate of drug-likeness (QED) is 0.872. The first-order chi connectivity index (χ1) is 8.70. The van der Waals surface area contributed by atoms with Crippen LogP contribution in [0.25, 0.3) is 0 Å². The number of hydrogen-bond acceptors (Lipinski definition) is 4. The van der Waals surface area contributed by atoms with E-state index in [1.54, 1.807) is 12.4 Å². The zero-order valence-electron chi connectivity index (χ0n) is 10.0. The summed E-state index contributed by atoms with van der Waals surface area (Å²) < 4.78 is 0. The van der Waals surface area contributed by atoms with Crippen molar-refractivity contribution >= 4 is 29.9 Å². The fourth-order valence-electron chi connectivity index (χ4n) is 1.63. The number of amides is 1. The molecule has 0 spiro atoms. The zero-order chi connectivity index (χ0) is 13.0. The topological polar surface area (TPSA) is 33.2 Å². The number of carbonyl (C=O) groups is 1. The third-order valence-corrected chi connectivity index (χ3v) is 3.94. The molecule has 3 nitrogen and oxygen atoms in total. The van der Waals surface area contributed by atoms with Crippen LogP contribution in [0.2, 0.25) is 0 Å². The first-order valence-corrected chi connectivity index (χ1v) is 6.99. The number of hydrogen-bond donors (Lipinski definition) is 1. The molecule has 0 N–H and O–H groups in total. The van der Waals surface area contributed by atoms with E-state index in [4.69, 9.17) is 0 Å². The Kier molecular flexibility index (Phi) is 4.38. The van der Waals surface area contributed by atoms with Gasteiger partial charge in [0.1, 0.15) is 0 Å². The Balaban J connectivity index is 2.12. The number of thiol groups is 1. The molecule has 0 fully saturated rings. The fraction of sp³-hybridized carbons (Fsp3) is 0.231. The SMILES string of the molecule is CCN(Cc1ccncc1)C(=O)c1cc(S)cs1. The lowest BCUT2D eigenvalue weighted by molar-refractivity contribution is 0.0757. The highest BCUT2D eigenvalue weighted by molar-refractivity contribution is 7.80. The van der Waals surface area contributed by atoms with Crippen LogP contribution in [0.1, 0.15) is 22.2 Å². The van der Waals surface area contributed by atoms with E-state index in [1.807, 2.05) is 35.4 Å². The number of nitrogens with zero attached hydrogens (tertiary/aromatic N) is 2. The van der Waals surface area contributed by atoms with Gasteiger partial charge in [0.15, 0.2) is 0 Å². The van der Waals surface area contributed by atoms with Crippen molar-refractivity contribution < 1.29 is 4.79 Å². The lowest BCUT2D eigenvalue weighted by atomic mass is 10.2. The molecule has 2 heterocycles. The summed E-state index contributed by atoms with van der Waals surface area (Å²) in [6.45, 7) is 3.27. The van der Waals surface area contributed by atoms with Crippen molar-refractivity contribution in [2.24, 2.45) is 0 Å². The molecule has 1 amide bonds. The zero-order valence-corrected chi connectivity index (χ0v) is 11.7. The molecule has 0 aliphatic heterocycles. The minimum absolute atomic E-state index is 0.0552. The highest BCUT2D eigenvalue weighted by Crippen LogP contribution is 2.20. The number of pyridine rings is 1. The Hall–Kier alpha value is -1.33. The van der Waals surface area contributed by atoms with E-state index in [9.17, 15) is 4.79 Å². The number of aromatic nitrogens is 1. The van der Waals surface area contributed by atoms with Crippen LogP contribution in [0.5, 0.6) is 0 Å². The molecule has 0 unspecified atom stereocenters. The van der Waals surface area contributed by atoms with E-state index in [-0.39, 0.29) is 5.91 Å². The van der Waals surface area contributed by atoms with Gasteiger partial charge in [-0.3, -0.25) is 9.78 Å². The van der Waals surface area contributed by atoms with Gasteiger partial charge in [-0.05, 0) is 30.7 Å². The first kappa shape index (κ1) is 13.1. The van der Waals surface area contributed by atoms with Crippen LogP contribution in [0.4, 0.5) is 0 Å². The monoisotopic (exact) mass is 278 g/mol. The van der Waals surface area contributed by atoms with Crippen LogP contribution in [0.15, 0.2) is 40.9 Å². The molecule has 0 aliphatic carbocycles. The maximum Gasteiger partial charge on any atom is 0.264 e. The predicted molar refractivity (Wildman–Crippen MR) is 76.2 cm³/mol. The van der Waals surface area contributed by atoms with Crippen molar-refractivity contribution in [3.05, 3.63) is 46.4 Å². The molecule has 2 aromatic rings. The highest BCUT2D eigenvalue weighted by atomic mass is 32.1. The van der Waals surface area contributed by atoms with E-state index in [0.717, 1.165) is 15.3 Å². The number of thiophene rings is 1. The third kappa shape index (κ3) is 3.11. The van der Waals surface area contributed by atoms with Crippen LogP contribution in [-0.4, -0.2) is 22.3 Å². The van der Waals surface area contributed by atoms with Crippen LogP contribution >= 0.6 is 24.0 Å². The molecule has 0 radical (unpaired) electrons. The molecule has 0 aromatic carbocycles. The van der Waals surface area contributed by atoms with Gasteiger partial charge in [-0.25, -0.2) is 0 Å². The molecule has 0 saturated heterocycles. The van der Waals surface area contributed by atoms with Crippen molar-refractivity contribution in [1.82, 2.24) is 9.88 Å². The van der Waals surface area contributed by atoms with Crippen molar-refractivity contribution in [1.29, 1.82) is 0 Å². The van der Waals surface area contributed by atoms with Crippen LogP contribution in [0.3, 0.4) is 0 Å². The van der Waals surface area contributed by atoms with Crippen molar-refractivity contribution in [3.63, 3.8) is 0 Å². The Morgan fingerprint density at radius 2 is 2.17 bits per heavy atom. The van der Waals surface area contributed by atoms with Crippen molar-refractivity contribution in [3.8, 4) is 0 Å². The first-order valence-electron chi connectivity index (χ1n) is 5.66. The normalized spacial score (nSPS) is 10.3. The average molecular weight is 278 g/mol. The van der Waals surface area contributed by atoms with Gasteiger partial charge in [-0.2, -0.15) is 0 Å². The summed E-state index contributed by atoms with van der Waals surface area (Å²) in [6.07, 6.45) is 3.48. The summed E-state index contributed by atoms with van der Waals surface area (Å²) >= 11 is 5.66. The molecular weight excluding hydrogens is 264 g/mol. The minimum atomic E-state index is 0.0552. The van der Waals surface area contributed by atoms with Gasteiger partial charge in [0, 0.05) is 35.8 Å². The molecule has 0 aliphatic rings. The molecule has 0 atom stereocenters. The standard InChI is InChI=1S/C13H14N2OS2/c1-2-15(8-10-3-5-14-6-4-10)13(16)12-7-11(17)9-18-12/h3-7,9,17H,2,8H2,1H3. The summed E-state index contributed by atoms with van der Waals surface area (Å²) in [5.74, 6) is 0.0552. The second kappa shape index (κ2) is 6.02. The largest absolute Gasteiger partial charge is 0.334 e. The molecule has 2 rings (SSSR count). The third-order valence-electron chi connectivity index (χ3n) is 2.59. The van der Waals surface area contributed by atoms with Crippen LogP contribution in [0, 0.1) is 0 Å². The van der Waals surface area contributed by atoms with E-state index in [0.29, 0.717) is 13.1 Å². The van der Waals surface area contributed by atoms with Gasteiger partial charge >= 0.3 is 0 Å². The molecular formula is C13H14N2OS2. The smallest absolute Gasteiger partial charge is 0.264 e. The van der Waals surface area contributed by atoms with Crippen LogP contribution < -0.4 is 0 Å². The average Bonchev–Trinajstić information content (AvgIpc) is 2.83. The second-order valence-electron chi connectivity index (χ2n) is 3.84. The Morgan fingerprint density at radius 3 is 2.72 bits per heavy atom.